The molecule has 1 aliphatic rings. The normalized spacial score (nSPS) is 16.0. The monoisotopic (exact) mass is 317 g/mol. The molecule has 0 radical (unpaired) electrons. The van der Waals surface area contributed by atoms with Gasteiger partial charge in [-0.3, -0.25) is 9.59 Å². The van der Waals surface area contributed by atoms with E-state index in [9.17, 15) is 9.59 Å². The zero-order valence-electron chi connectivity index (χ0n) is 14.6. The summed E-state index contributed by atoms with van der Waals surface area (Å²) in [4.78, 5) is 26.2. The number of fused-ring (bicyclic) bond motifs is 1. The van der Waals surface area contributed by atoms with Crippen molar-refractivity contribution in [2.24, 2.45) is 0 Å². The Kier molecular flexibility index (Phi) is 5.45. The van der Waals surface area contributed by atoms with Crippen molar-refractivity contribution in [3.63, 3.8) is 0 Å². The van der Waals surface area contributed by atoms with Gasteiger partial charge in [-0.2, -0.15) is 0 Å². The standard InChI is InChI=1S/C19H27NO3/c1-5-6-7-8-9-12-20-16-13-15(14(2)21)10-11-17(16)23-19(3,4)18(20)22/h10-11,13H,5-9,12H2,1-4H3. The molecule has 0 spiro atoms. The number of carbonyl (C=O) groups is 2. The van der Waals surface area contributed by atoms with E-state index in [0.717, 1.165) is 18.5 Å². The third kappa shape index (κ3) is 3.92. The number of Topliss-reactive ketones (excluding diaryl/α,β-unsaturated/α-hetero) is 1. The summed E-state index contributed by atoms with van der Waals surface area (Å²) in [6, 6.07) is 5.33. The first kappa shape index (κ1) is 17.5. The number of nitrogens with zero attached hydrogens (tertiary/aromatic N) is 1. The van der Waals surface area contributed by atoms with Gasteiger partial charge in [0.15, 0.2) is 11.4 Å². The minimum absolute atomic E-state index is 0.00650. The van der Waals surface area contributed by atoms with Gasteiger partial charge in [0.25, 0.3) is 5.91 Å². The molecule has 0 N–H and O–H groups in total. The first-order valence-electron chi connectivity index (χ1n) is 8.53. The summed E-state index contributed by atoms with van der Waals surface area (Å²) in [6.45, 7) is 7.98. The van der Waals surface area contributed by atoms with Crippen molar-refractivity contribution in [3.05, 3.63) is 23.8 Å². The molecule has 0 fully saturated rings. The highest BCUT2D eigenvalue weighted by molar-refractivity contribution is 6.04. The highest BCUT2D eigenvalue weighted by Gasteiger charge is 2.40. The van der Waals surface area contributed by atoms with Crippen LogP contribution in [0.5, 0.6) is 5.75 Å². The molecule has 23 heavy (non-hydrogen) atoms. The number of carbonyl (C=O) groups excluding carboxylic acids is 2. The van der Waals surface area contributed by atoms with Crippen molar-refractivity contribution in [1.29, 1.82) is 0 Å². The molecule has 0 atom stereocenters. The number of ketones is 1. The van der Waals surface area contributed by atoms with Crippen LogP contribution in [-0.2, 0) is 4.79 Å². The molecule has 0 aliphatic carbocycles. The number of rotatable bonds is 7. The topological polar surface area (TPSA) is 46.6 Å². The Bertz CT molecular complexity index is 592. The van der Waals surface area contributed by atoms with Crippen LogP contribution in [0.3, 0.4) is 0 Å². The molecular weight excluding hydrogens is 290 g/mol. The van der Waals surface area contributed by atoms with Gasteiger partial charge in [-0.05, 0) is 45.4 Å². The van der Waals surface area contributed by atoms with Crippen LogP contribution in [0.15, 0.2) is 18.2 Å². The lowest BCUT2D eigenvalue weighted by Gasteiger charge is -2.39. The molecule has 0 bridgehead atoms. The maximum Gasteiger partial charge on any atom is 0.270 e. The zero-order chi connectivity index (χ0) is 17.0. The first-order valence-corrected chi connectivity index (χ1v) is 8.53. The van der Waals surface area contributed by atoms with Crippen LogP contribution in [0, 0.1) is 0 Å². The van der Waals surface area contributed by atoms with Crippen LogP contribution in [0.1, 0.15) is 70.2 Å². The van der Waals surface area contributed by atoms with Crippen molar-refractivity contribution < 1.29 is 14.3 Å². The van der Waals surface area contributed by atoms with Crippen molar-refractivity contribution in [2.75, 3.05) is 11.4 Å². The summed E-state index contributed by atoms with van der Waals surface area (Å²) in [6.07, 6.45) is 5.70. The third-order valence-electron chi connectivity index (χ3n) is 4.27. The van der Waals surface area contributed by atoms with Crippen molar-refractivity contribution in [3.8, 4) is 5.75 Å². The van der Waals surface area contributed by atoms with E-state index in [2.05, 4.69) is 6.92 Å². The molecule has 0 unspecified atom stereocenters. The number of hydrogen-bond acceptors (Lipinski definition) is 3. The zero-order valence-corrected chi connectivity index (χ0v) is 14.6. The van der Waals surface area contributed by atoms with Gasteiger partial charge in [0.05, 0.1) is 5.69 Å². The van der Waals surface area contributed by atoms with E-state index in [1.165, 1.54) is 26.2 Å². The second-order valence-corrected chi connectivity index (χ2v) is 6.72. The summed E-state index contributed by atoms with van der Waals surface area (Å²) in [5.74, 6) is 0.627. The van der Waals surface area contributed by atoms with Gasteiger partial charge in [-0.15, -0.1) is 0 Å². The number of hydrogen-bond donors (Lipinski definition) is 0. The summed E-state index contributed by atoms with van der Waals surface area (Å²) in [5.41, 5.74) is 0.460. The van der Waals surface area contributed by atoms with Gasteiger partial charge in [0.2, 0.25) is 0 Å². The fourth-order valence-electron chi connectivity index (χ4n) is 2.88. The molecule has 1 aromatic rings. The molecule has 126 valence electrons. The van der Waals surface area contributed by atoms with Gasteiger partial charge in [0.1, 0.15) is 5.75 Å². The average molecular weight is 317 g/mol. The predicted molar refractivity (Wildman–Crippen MR) is 92.3 cm³/mol. The lowest BCUT2D eigenvalue weighted by Crippen LogP contribution is -2.52. The Morgan fingerprint density at radius 1 is 1.17 bits per heavy atom. The Morgan fingerprint density at radius 2 is 1.87 bits per heavy atom. The Morgan fingerprint density at radius 3 is 2.52 bits per heavy atom. The van der Waals surface area contributed by atoms with Gasteiger partial charge >= 0.3 is 0 Å². The molecule has 2 rings (SSSR count). The fourth-order valence-corrected chi connectivity index (χ4v) is 2.88. The molecular formula is C19H27NO3. The Labute approximate surface area is 138 Å². The SMILES string of the molecule is CCCCCCCN1C(=O)C(C)(C)Oc2ccc(C(C)=O)cc21. The van der Waals surface area contributed by atoms with Crippen LogP contribution in [0.4, 0.5) is 5.69 Å². The smallest absolute Gasteiger partial charge is 0.270 e. The van der Waals surface area contributed by atoms with E-state index >= 15 is 0 Å². The Balaban J connectivity index is 2.23. The summed E-state index contributed by atoms with van der Waals surface area (Å²) < 4.78 is 5.84. The maximum absolute atomic E-state index is 12.7. The van der Waals surface area contributed by atoms with Crippen molar-refractivity contribution in [1.82, 2.24) is 0 Å². The number of amides is 1. The van der Waals surface area contributed by atoms with E-state index in [1.54, 1.807) is 36.9 Å². The van der Waals surface area contributed by atoms with E-state index in [4.69, 9.17) is 4.74 Å². The molecule has 1 amide bonds. The van der Waals surface area contributed by atoms with Crippen LogP contribution in [-0.4, -0.2) is 23.8 Å². The van der Waals surface area contributed by atoms with Crippen LogP contribution in [0.25, 0.3) is 0 Å². The third-order valence-corrected chi connectivity index (χ3v) is 4.27. The number of benzene rings is 1. The molecule has 1 aromatic carbocycles. The number of unbranched alkanes of at least 4 members (excludes halogenated alkanes) is 4. The van der Waals surface area contributed by atoms with Gasteiger partial charge in [0, 0.05) is 12.1 Å². The molecule has 0 aromatic heterocycles. The molecule has 1 aliphatic heterocycles. The summed E-state index contributed by atoms with van der Waals surface area (Å²) in [7, 11) is 0. The summed E-state index contributed by atoms with van der Waals surface area (Å²) >= 11 is 0. The van der Waals surface area contributed by atoms with Gasteiger partial charge < -0.3 is 9.64 Å². The minimum atomic E-state index is -0.867. The van der Waals surface area contributed by atoms with Crippen molar-refractivity contribution in [2.45, 2.75) is 65.4 Å². The molecule has 1 heterocycles. The lowest BCUT2D eigenvalue weighted by molar-refractivity contribution is -0.132. The second-order valence-electron chi connectivity index (χ2n) is 6.72. The van der Waals surface area contributed by atoms with Crippen molar-refractivity contribution >= 4 is 17.4 Å². The van der Waals surface area contributed by atoms with Crippen LogP contribution < -0.4 is 9.64 Å². The fraction of sp³-hybridized carbons (Fsp3) is 0.579. The van der Waals surface area contributed by atoms with Crippen LogP contribution in [0.2, 0.25) is 0 Å². The second kappa shape index (κ2) is 7.16. The van der Waals surface area contributed by atoms with E-state index in [-0.39, 0.29) is 11.7 Å². The molecule has 0 saturated heterocycles. The number of anilines is 1. The lowest BCUT2D eigenvalue weighted by atomic mass is 10.0. The van der Waals surface area contributed by atoms with Gasteiger partial charge in [-0.1, -0.05) is 32.6 Å². The van der Waals surface area contributed by atoms with E-state index in [0.29, 0.717) is 17.9 Å². The van der Waals surface area contributed by atoms with Gasteiger partial charge in [-0.25, -0.2) is 0 Å². The largest absolute Gasteiger partial charge is 0.476 e. The highest BCUT2D eigenvalue weighted by atomic mass is 16.5. The average Bonchev–Trinajstić information content (AvgIpc) is 2.49. The van der Waals surface area contributed by atoms with E-state index in [1.807, 2.05) is 0 Å². The highest BCUT2D eigenvalue weighted by Crippen LogP contribution is 2.38. The molecule has 4 nitrogen and oxygen atoms in total. The molecule has 4 heteroatoms. The summed E-state index contributed by atoms with van der Waals surface area (Å²) in [5, 5.41) is 0. The molecule has 0 saturated carbocycles. The predicted octanol–water partition coefficient (Wildman–Crippen LogP) is 4.36. The quantitative estimate of drug-likeness (QED) is 0.554. The number of ether oxygens (including phenoxy) is 1. The van der Waals surface area contributed by atoms with Crippen LogP contribution >= 0.6 is 0 Å². The maximum atomic E-state index is 12.7. The van der Waals surface area contributed by atoms with E-state index < -0.39 is 5.60 Å². The Hall–Kier alpha value is -1.84. The first-order chi connectivity index (χ1) is 10.9. The minimum Gasteiger partial charge on any atom is -0.476 e.